The van der Waals surface area contributed by atoms with Crippen molar-refractivity contribution in [1.29, 1.82) is 0 Å². The molecule has 0 radical (unpaired) electrons. The number of aryl methyl sites for hydroxylation is 1. The molecular weight excluding hydrogens is 340 g/mol. The van der Waals surface area contributed by atoms with Crippen molar-refractivity contribution in [3.63, 3.8) is 0 Å². The zero-order valence-electron chi connectivity index (χ0n) is 12.8. The summed E-state index contributed by atoms with van der Waals surface area (Å²) in [6.45, 7) is 3.30. The van der Waals surface area contributed by atoms with Crippen LogP contribution in [0.3, 0.4) is 0 Å². The minimum atomic E-state index is -4.14. The highest BCUT2D eigenvalue weighted by Gasteiger charge is 2.24. The van der Waals surface area contributed by atoms with Crippen molar-refractivity contribution in [2.45, 2.75) is 18.7 Å². The molecule has 0 bridgehead atoms. The second-order valence-electron chi connectivity index (χ2n) is 4.89. The lowest BCUT2D eigenvalue weighted by molar-refractivity contribution is 0.0599. The van der Waals surface area contributed by atoms with Gasteiger partial charge in [0.2, 0.25) is 0 Å². The van der Waals surface area contributed by atoms with Gasteiger partial charge < -0.3 is 8.92 Å². The van der Waals surface area contributed by atoms with Gasteiger partial charge in [0.1, 0.15) is 4.90 Å². The van der Waals surface area contributed by atoms with Crippen molar-refractivity contribution in [3.05, 3.63) is 58.1 Å². The Morgan fingerprint density at radius 1 is 1.13 bits per heavy atom. The van der Waals surface area contributed by atoms with Gasteiger partial charge in [0.05, 0.1) is 17.7 Å². The minimum absolute atomic E-state index is 0.0366. The summed E-state index contributed by atoms with van der Waals surface area (Å²) in [6, 6.07) is 9.12. The number of carbonyl (C=O) groups excluding carboxylic acids is 1. The van der Waals surface area contributed by atoms with Crippen molar-refractivity contribution in [2.75, 3.05) is 7.11 Å². The summed E-state index contributed by atoms with van der Waals surface area (Å²) in [6.07, 6.45) is 0. The zero-order valence-corrected chi connectivity index (χ0v) is 14.4. The highest BCUT2D eigenvalue weighted by atomic mass is 35.5. The van der Waals surface area contributed by atoms with Crippen LogP contribution < -0.4 is 4.18 Å². The predicted octanol–water partition coefficient (Wildman–Crippen LogP) is 3.51. The molecule has 0 aliphatic heterocycles. The van der Waals surface area contributed by atoms with Crippen LogP contribution in [0.4, 0.5) is 0 Å². The van der Waals surface area contributed by atoms with E-state index in [4.69, 9.17) is 15.8 Å². The molecule has 0 N–H and O–H groups in total. The van der Waals surface area contributed by atoms with E-state index in [0.29, 0.717) is 0 Å². The Labute approximate surface area is 139 Å². The lowest BCUT2D eigenvalue weighted by Crippen LogP contribution is -2.14. The molecule has 0 aliphatic carbocycles. The summed E-state index contributed by atoms with van der Waals surface area (Å²) in [5.74, 6) is -0.581. The maximum Gasteiger partial charge on any atom is 0.339 e. The Morgan fingerprint density at radius 3 is 2.48 bits per heavy atom. The summed E-state index contributed by atoms with van der Waals surface area (Å²) >= 11 is 5.97. The molecule has 2 rings (SSSR count). The molecule has 0 saturated carbocycles. The van der Waals surface area contributed by atoms with Crippen LogP contribution in [0.2, 0.25) is 5.02 Å². The van der Waals surface area contributed by atoms with Gasteiger partial charge >= 0.3 is 16.1 Å². The van der Waals surface area contributed by atoms with Gasteiger partial charge in [0, 0.05) is 0 Å². The molecule has 0 spiro atoms. The SMILES string of the molecule is COC(=O)c1cccc(S(=O)(=O)Oc2cc(C)ccc2Cl)c1C. The molecule has 122 valence electrons. The van der Waals surface area contributed by atoms with E-state index in [9.17, 15) is 13.2 Å². The van der Waals surface area contributed by atoms with E-state index in [-0.39, 0.29) is 26.8 Å². The molecule has 0 aliphatic rings. The van der Waals surface area contributed by atoms with Gasteiger partial charge in [-0.3, -0.25) is 0 Å². The second-order valence-corrected chi connectivity index (χ2v) is 6.81. The third kappa shape index (κ3) is 3.65. The fourth-order valence-electron chi connectivity index (χ4n) is 2.05. The lowest BCUT2D eigenvalue weighted by Gasteiger charge is -2.12. The Bertz CT molecular complexity index is 859. The molecule has 0 amide bonds. The quantitative estimate of drug-likeness (QED) is 0.620. The third-order valence-electron chi connectivity index (χ3n) is 3.24. The summed E-state index contributed by atoms with van der Waals surface area (Å²) in [4.78, 5) is 11.6. The number of hydrogen-bond donors (Lipinski definition) is 0. The smallest absolute Gasteiger partial charge is 0.339 e. The molecule has 0 unspecified atom stereocenters. The van der Waals surface area contributed by atoms with Crippen LogP contribution in [-0.4, -0.2) is 21.5 Å². The van der Waals surface area contributed by atoms with Gasteiger partial charge in [-0.25, -0.2) is 4.79 Å². The molecular formula is C16H15ClO5S. The van der Waals surface area contributed by atoms with Crippen molar-refractivity contribution in [2.24, 2.45) is 0 Å². The summed E-state index contributed by atoms with van der Waals surface area (Å²) in [5, 5.41) is 0.181. The van der Waals surface area contributed by atoms with Crippen LogP contribution in [0.25, 0.3) is 0 Å². The minimum Gasteiger partial charge on any atom is -0.465 e. The van der Waals surface area contributed by atoms with Gasteiger partial charge in [0.25, 0.3) is 0 Å². The van der Waals surface area contributed by atoms with Crippen LogP contribution >= 0.6 is 11.6 Å². The molecule has 5 nitrogen and oxygen atoms in total. The van der Waals surface area contributed by atoms with Crippen LogP contribution in [-0.2, 0) is 14.9 Å². The van der Waals surface area contributed by atoms with E-state index in [1.807, 2.05) is 0 Å². The fourth-order valence-corrected chi connectivity index (χ4v) is 3.45. The third-order valence-corrected chi connectivity index (χ3v) is 4.94. The first-order chi connectivity index (χ1) is 10.8. The number of benzene rings is 2. The first kappa shape index (κ1) is 17.3. The molecule has 0 saturated heterocycles. The Kier molecular flexibility index (Phi) is 4.97. The second kappa shape index (κ2) is 6.60. The highest BCUT2D eigenvalue weighted by Crippen LogP contribution is 2.30. The summed E-state index contributed by atoms with van der Waals surface area (Å²) in [7, 11) is -2.91. The van der Waals surface area contributed by atoms with Crippen molar-refractivity contribution >= 4 is 27.7 Å². The standard InChI is InChI=1S/C16H15ClO5S/c1-10-7-8-13(17)14(9-10)22-23(19,20)15-6-4-5-12(11(15)2)16(18)21-3/h4-9H,1-3H3. The van der Waals surface area contributed by atoms with E-state index in [2.05, 4.69) is 4.74 Å². The number of rotatable bonds is 4. The maximum atomic E-state index is 12.5. The highest BCUT2D eigenvalue weighted by molar-refractivity contribution is 7.87. The predicted molar refractivity (Wildman–Crippen MR) is 86.5 cm³/mol. The first-order valence-corrected chi connectivity index (χ1v) is 8.43. The van der Waals surface area contributed by atoms with Crippen LogP contribution in [0.1, 0.15) is 21.5 Å². The largest absolute Gasteiger partial charge is 0.465 e. The number of hydrogen-bond acceptors (Lipinski definition) is 5. The molecule has 0 fully saturated rings. The number of esters is 1. The number of methoxy groups -OCH3 is 1. The van der Waals surface area contributed by atoms with Crippen molar-refractivity contribution in [3.8, 4) is 5.75 Å². The van der Waals surface area contributed by atoms with Crippen LogP contribution in [0, 0.1) is 13.8 Å². The van der Waals surface area contributed by atoms with E-state index in [1.165, 1.54) is 38.3 Å². The van der Waals surface area contributed by atoms with Gasteiger partial charge in [-0.05, 0) is 49.2 Å². The van der Waals surface area contributed by atoms with E-state index < -0.39 is 16.1 Å². The molecule has 23 heavy (non-hydrogen) atoms. The molecule has 7 heteroatoms. The lowest BCUT2D eigenvalue weighted by atomic mass is 10.1. The average Bonchev–Trinajstić information content (AvgIpc) is 2.50. The summed E-state index contributed by atoms with van der Waals surface area (Å²) < 4.78 is 34.8. The molecule has 0 atom stereocenters. The van der Waals surface area contributed by atoms with Gasteiger partial charge in [-0.2, -0.15) is 8.42 Å². The molecule has 0 aromatic heterocycles. The average molecular weight is 355 g/mol. The Hall–Kier alpha value is -2.05. The zero-order chi connectivity index (χ0) is 17.2. The topological polar surface area (TPSA) is 69.7 Å². The van der Waals surface area contributed by atoms with E-state index in [0.717, 1.165) is 5.56 Å². The maximum absolute atomic E-state index is 12.5. The fraction of sp³-hybridized carbons (Fsp3) is 0.188. The Balaban J connectivity index is 2.48. The van der Waals surface area contributed by atoms with Gasteiger partial charge in [-0.15, -0.1) is 0 Å². The Morgan fingerprint density at radius 2 is 1.83 bits per heavy atom. The first-order valence-electron chi connectivity index (χ1n) is 6.65. The van der Waals surface area contributed by atoms with E-state index in [1.54, 1.807) is 19.1 Å². The van der Waals surface area contributed by atoms with Gasteiger partial charge in [0.15, 0.2) is 5.75 Å². The molecule has 2 aromatic carbocycles. The number of ether oxygens (including phenoxy) is 1. The summed E-state index contributed by atoms with van der Waals surface area (Å²) in [5.41, 5.74) is 1.22. The van der Waals surface area contributed by atoms with Crippen molar-refractivity contribution < 1.29 is 22.1 Å². The molecule has 2 aromatic rings. The monoisotopic (exact) mass is 354 g/mol. The van der Waals surface area contributed by atoms with Crippen molar-refractivity contribution in [1.82, 2.24) is 0 Å². The normalized spacial score (nSPS) is 11.1. The van der Waals surface area contributed by atoms with Gasteiger partial charge in [-0.1, -0.05) is 23.7 Å². The molecule has 0 heterocycles. The van der Waals surface area contributed by atoms with Crippen LogP contribution in [0.5, 0.6) is 5.75 Å². The van der Waals surface area contributed by atoms with E-state index >= 15 is 0 Å². The number of carbonyl (C=O) groups is 1. The number of halogens is 1. The van der Waals surface area contributed by atoms with Crippen LogP contribution in [0.15, 0.2) is 41.3 Å².